The molecule has 6 heteroatoms. The fraction of sp³-hybridized carbons (Fsp3) is 0.364. The van der Waals surface area contributed by atoms with Crippen LogP contribution in [-0.2, 0) is 0 Å². The first-order chi connectivity index (χ1) is 13.4. The Balaban J connectivity index is 1.98. The lowest BCUT2D eigenvalue weighted by Crippen LogP contribution is -2.34. The normalized spacial score (nSPS) is 11.2. The number of carbonyl (C=O) groups is 1. The van der Waals surface area contributed by atoms with Gasteiger partial charge in [0, 0.05) is 18.2 Å². The van der Waals surface area contributed by atoms with Crippen LogP contribution in [0.5, 0.6) is 5.75 Å². The summed E-state index contributed by atoms with van der Waals surface area (Å²) >= 11 is 1.54. The second kappa shape index (κ2) is 8.71. The van der Waals surface area contributed by atoms with Crippen LogP contribution in [0.25, 0.3) is 10.2 Å². The molecule has 0 aliphatic rings. The number of ether oxygens (including phenoxy) is 1. The van der Waals surface area contributed by atoms with Crippen molar-refractivity contribution in [2.75, 3.05) is 39.2 Å². The maximum absolute atomic E-state index is 13.4. The quantitative estimate of drug-likeness (QED) is 0.588. The number of amides is 1. The van der Waals surface area contributed by atoms with Gasteiger partial charge in [0.15, 0.2) is 5.13 Å². The van der Waals surface area contributed by atoms with Crippen LogP contribution < -0.4 is 9.64 Å². The van der Waals surface area contributed by atoms with Crippen LogP contribution in [0.4, 0.5) is 5.13 Å². The zero-order chi connectivity index (χ0) is 20.3. The molecule has 1 heterocycles. The van der Waals surface area contributed by atoms with Gasteiger partial charge < -0.3 is 9.64 Å². The lowest BCUT2D eigenvalue weighted by molar-refractivity contribution is 0.0985. The van der Waals surface area contributed by atoms with Crippen molar-refractivity contribution in [2.45, 2.75) is 20.3 Å². The minimum absolute atomic E-state index is 0.00553. The van der Waals surface area contributed by atoms with Crippen LogP contribution in [0.1, 0.15) is 27.9 Å². The van der Waals surface area contributed by atoms with Gasteiger partial charge in [-0.15, -0.1) is 0 Å². The van der Waals surface area contributed by atoms with E-state index in [9.17, 15) is 4.79 Å². The predicted octanol–water partition coefficient (Wildman–Crippen LogP) is 4.52. The Morgan fingerprint density at radius 1 is 1.11 bits per heavy atom. The lowest BCUT2D eigenvalue weighted by atomic mass is 10.0. The van der Waals surface area contributed by atoms with Gasteiger partial charge in [-0.1, -0.05) is 29.0 Å². The van der Waals surface area contributed by atoms with E-state index in [0.717, 1.165) is 50.8 Å². The fourth-order valence-corrected chi connectivity index (χ4v) is 4.05. The molecule has 28 heavy (non-hydrogen) atoms. The summed E-state index contributed by atoms with van der Waals surface area (Å²) in [6, 6.07) is 11.8. The minimum Gasteiger partial charge on any atom is -0.497 e. The maximum atomic E-state index is 13.4. The van der Waals surface area contributed by atoms with Gasteiger partial charge in [0.1, 0.15) is 5.75 Å². The van der Waals surface area contributed by atoms with E-state index in [1.54, 1.807) is 18.4 Å². The molecule has 2 aromatic carbocycles. The van der Waals surface area contributed by atoms with Crippen LogP contribution in [0.3, 0.4) is 0 Å². The Bertz CT molecular complexity index is 981. The third-order valence-electron chi connectivity index (χ3n) is 4.67. The number of rotatable bonds is 7. The largest absolute Gasteiger partial charge is 0.497 e. The van der Waals surface area contributed by atoms with E-state index < -0.39 is 0 Å². The number of hydrogen-bond acceptors (Lipinski definition) is 5. The van der Waals surface area contributed by atoms with Crippen molar-refractivity contribution in [3.05, 3.63) is 53.1 Å². The van der Waals surface area contributed by atoms with E-state index in [1.165, 1.54) is 0 Å². The van der Waals surface area contributed by atoms with Crippen molar-refractivity contribution in [1.82, 2.24) is 9.88 Å². The molecule has 0 saturated heterocycles. The van der Waals surface area contributed by atoms with E-state index in [1.807, 2.05) is 69.2 Å². The number of aromatic nitrogens is 1. The van der Waals surface area contributed by atoms with Crippen molar-refractivity contribution >= 4 is 32.6 Å². The second-order valence-electron chi connectivity index (χ2n) is 7.26. The van der Waals surface area contributed by atoms with Crippen molar-refractivity contribution < 1.29 is 9.53 Å². The van der Waals surface area contributed by atoms with Crippen molar-refractivity contribution in [3.63, 3.8) is 0 Å². The van der Waals surface area contributed by atoms with Gasteiger partial charge >= 0.3 is 0 Å². The minimum atomic E-state index is 0.00553. The number of anilines is 1. The number of benzene rings is 2. The van der Waals surface area contributed by atoms with Crippen LogP contribution in [-0.4, -0.2) is 50.1 Å². The molecule has 1 amide bonds. The summed E-state index contributed by atoms with van der Waals surface area (Å²) in [7, 11) is 5.73. The molecule has 0 spiro atoms. The lowest BCUT2D eigenvalue weighted by Gasteiger charge is -2.22. The summed E-state index contributed by atoms with van der Waals surface area (Å²) in [5.74, 6) is 0.773. The van der Waals surface area contributed by atoms with Gasteiger partial charge in [0.25, 0.3) is 5.91 Å². The first-order valence-electron chi connectivity index (χ1n) is 9.37. The van der Waals surface area contributed by atoms with Crippen LogP contribution in [0.15, 0.2) is 36.4 Å². The maximum Gasteiger partial charge on any atom is 0.260 e. The molecule has 0 aliphatic carbocycles. The molecule has 0 radical (unpaired) electrons. The highest BCUT2D eigenvalue weighted by Gasteiger charge is 2.22. The first-order valence-corrected chi connectivity index (χ1v) is 10.2. The highest BCUT2D eigenvalue weighted by Crippen LogP contribution is 2.32. The molecule has 0 N–H and O–H groups in total. The monoisotopic (exact) mass is 397 g/mol. The summed E-state index contributed by atoms with van der Waals surface area (Å²) in [5.41, 5.74) is 3.65. The van der Waals surface area contributed by atoms with E-state index in [0.29, 0.717) is 6.54 Å². The molecule has 0 bridgehead atoms. The third-order valence-corrected chi connectivity index (χ3v) is 5.73. The van der Waals surface area contributed by atoms with Gasteiger partial charge in [-0.3, -0.25) is 9.69 Å². The summed E-state index contributed by atoms with van der Waals surface area (Å²) in [4.78, 5) is 22.1. The molecule has 148 valence electrons. The Morgan fingerprint density at radius 3 is 2.61 bits per heavy atom. The van der Waals surface area contributed by atoms with E-state index in [-0.39, 0.29) is 5.91 Å². The van der Waals surface area contributed by atoms with Gasteiger partial charge in [-0.2, -0.15) is 0 Å². The number of methoxy groups -OCH3 is 1. The molecule has 0 aliphatic heterocycles. The zero-order valence-electron chi connectivity index (χ0n) is 17.2. The Labute approximate surface area is 170 Å². The number of nitrogens with zero attached hydrogens (tertiary/aromatic N) is 3. The van der Waals surface area contributed by atoms with Gasteiger partial charge in [-0.25, -0.2) is 4.98 Å². The fourth-order valence-electron chi connectivity index (χ4n) is 3.08. The third kappa shape index (κ3) is 4.51. The average molecular weight is 398 g/mol. The molecule has 5 nitrogen and oxygen atoms in total. The standard InChI is InChI=1S/C22H27N3O2S/c1-15-7-8-16(2)18(13-15)21(26)25(12-6-11-24(3)4)22-23-19-14-17(27-5)9-10-20(19)28-22/h7-10,13-14H,6,11-12H2,1-5H3. The molecule has 3 rings (SSSR count). The number of thiazole rings is 1. The second-order valence-corrected chi connectivity index (χ2v) is 8.27. The average Bonchev–Trinajstić information content (AvgIpc) is 3.09. The van der Waals surface area contributed by atoms with E-state index >= 15 is 0 Å². The molecule has 3 aromatic rings. The summed E-state index contributed by atoms with van der Waals surface area (Å²) in [5, 5.41) is 0.730. The zero-order valence-corrected chi connectivity index (χ0v) is 18.0. The highest BCUT2D eigenvalue weighted by molar-refractivity contribution is 7.22. The van der Waals surface area contributed by atoms with E-state index in [4.69, 9.17) is 9.72 Å². The molecular formula is C22H27N3O2S. The first kappa shape index (κ1) is 20.3. The van der Waals surface area contributed by atoms with Gasteiger partial charge in [-0.05, 0) is 64.7 Å². The van der Waals surface area contributed by atoms with Gasteiger partial charge in [0.2, 0.25) is 0 Å². The van der Waals surface area contributed by atoms with Crippen LogP contribution >= 0.6 is 11.3 Å². The van der Waals surface area contributed by atoms with Crippen LogP contribution in [0, 0.1) is 13.8 Å². The SMILES string of the molecule is COc1ccc2sc(N(CCCN(C)C)C(=O)c3cc(C)ccc3C)nc2c1. The number of carbonyl (C=O) groups excluding carboxylic acids is 1. The van der Waals surface area contributed by atoms with Crippen molar-refractivity contribution in [3.8, 4) is 5.75 Å². The predicted molar refractivity (Wildman–Crippen MR) is 117 cm³/mol. The Morgan fingerprint density at radius 2 is 1.89 bits per heavy atom. The van der Waals surface area contributed by atoms with E-state index in [2.05, 4.69) is 4.90 Å². The molecule has 0 fully saturated rings. The number of fused-ring (bicyclic) bond motifs is 1. The molecule has 1 aromatic heterocycles. The summed E-state index contributed by atoms with van der Waals surface area (Å²) < 4.78 is 6.35. The molecule has 0 atom stereocenters. The van der Waals surface area contributed by atoms with Gasteiger partial charge in [0.05, 0.1) is 17.3 Å². The number of hydrogen-bond donors (Lipinski definition) is 0. The smallest absolute Gasteiger partial charge is 0.260 e. The topological polar surface area (TPSA) is 45.7 Å². The highest BCUT2D eigenvalue weighted by atomic mass is 32.1. The number of aryl methyl sites for hydroxylation is 2. The summed E-state index contributed by atoms with van der Waals surface area (Å²) in [6.07, 6.45) is 0.878. The van der Waals surface area contributed by atoms with Crippen molar-refractivity contribution in [2.24, 2.45) is 0 Å². The Hall–Kier alpha value is -2.44. The Kier molecular flexibility index (Phi) is 6.31. The molecule has 0 saturated carbocycles. The summed E-state index contributed by atoms with van der Waals surface area (Å²) in [6.45, 7) is 5.53. The van der Waals surface area contributed by atoms with Crippen LogP contribution in [0.2, 0.25) is 0 Å². The molecular weight excluding hydrogens is 370 g/mol. The van der Waals surface area contributed by atoms with Crippen molar-refractivity contribution in [1.29, 1.82) is 0 Å². The molecule has 0 unspecified atom stereocenters.